The molecule has 3 aromatic rings. The fraction of sp³-hybridized carbons (Fsp3) is 0.433. The molecule has 0 spiro atoms. The van der Waals surface area contributed by atoms with Crippen molar-refractivity contribution in [2.24, 2.45) is 0 Å². The van der Waals surface area contributed by atoms with E-state index in [0.29, 0.717) is 24.3 Å². The molecule has 12 heteroatoms. The summed E-state index contributed by atoms with van der Waals surface area (Å²) >= 11 is 0. The third-order valence-electron chi connectivity index (χ3n) is 8.38. The van der Waals surface area contributed by atoms with E-state index in [0.717, 1.165) is 43.2 Å². The summed E-state index contributed by atoms with van der Waals surface area (Å²) in [6.45, 7) is 2.40. The highest BCUT2D eigenvalue weighted by molar-refractivity contribution is 7.89. The molecule has 3 heterocycles. The number of aromatic nitrogens is 3. The number of nitrogens with zero attached hydrogens (tertiary/aromatic N) is 5. The molecular formula is C30H35FN6O4S. The van der Waals surface area contributed by atoms with Crippen LogP contribution in [0.2, 0.25) is 0 Å². The van der Waals surface area contributed by atoms with Gasteiger partial charge in [0.1, 0.15) is 18.0 Å². The van der Waals surface area contributed by atoms with E-state index in [4.69, 9.17) is 4.74 Å². The van der Waals surface area contributed by atoms with Gasteiger partial charge in [0.25, 0.3) is 10.0 Å². The smallest absolute Gasteiger partial charge is 0.264 e. The van der Waals surface area contributed by atoms with E-state index in [2.05, 4.69) is 38.7 Å². The van der Waals surface area contributed by atoms with Crippen LogP contribution in [0.4, 0.5) is 4.39 Å². The molecule has 0 radical (unpaired) electrons. The van der Waals surface area contributed by atoms with Crippen molar-refractivity contribution in [2.75, 3.05) is 20.2 Å². The summed E-state index contributed by atoms with van der Waals surface area (Å²) in [4.78, 5) is 15.3. The number of hydrogen-bond donors (Lipinski definition) is 1. The van der Waals surface area contributed by atoms with Crippen molar-refractivity contribution in [3.63, 3.8) is 0 Å². The Morgan fingerprint density at radius 3 is 2.64 bits per heavy atom. The molecule has 1 aliphatic carbocycles. The van der Waals surface area contributed by atoms with Crippen molar-refractivity contribution >= 4 is 15.9 Å². The number of nitrogens with one attached hydrogen (secondary N) is 1. The molecule has 2 aromatic carbocycles. The van der Waals surface area contributed by atoms with Gasteiger partial charge in [-0.15, -0.1) is 5.10 Å². The van der Waals surface area contributed by atoms with E-state index in [9.17, 15) is 17.6 Å². The average molecular weight is 595 g/mol. The van der Waals surface area contributed by atoms with Crippen LogP contribution in [0.3, 0.4) is 0 Å². The second-order valence-electron chi connectivity index (χ2n) is 11.1. The number of likely N-dealkylation sites (tertiary alicyclic amines) is 1. The third kappa shape index (κ3) is 5.78. The fourth-order valence-corrected chi connectivity index (χ4v) is 7.55. The Labute approximate surface area is 245 Å². The van der Waals surface area contributed by atoms with E-state index in [1.54, 1.807) is 12.1 Å². The fourth-order valence-electron chi connectivity index (χ4n) is 6.10. The second-order valence-corrected chi connectivity index (χ2v) is 13.0. The van der Waals surface area contributed by atoms with E-state index in [1.165, 1.54) is 48.3 Å². The Morgan fingerprint density at radius 2 is 1.88 bits per heavy atom. The first-order valence-electron chi connectivity index (χ1n) is 14.4. The number of fused-ring (bicyclic) bond motifs is 1. The monoisotopic (exact) mass is 594 g/mol. The lowest BCUT2D eigenvalue weighted by molar-refractivity contribution is -0.124. The molecule has 3 aliphatic rings. The normalized spacial score (nSPS) is 21.7. The molecule has 6 rings (SSSR count). The number of amides is 1. The van der Waals surface area contributed by atoms with Gasteiger partial charge < -0.3 is 10.1 Å². The number of methoxy groups -OCH3 is 1. The molecule has 2 aliphatic heterocycles. The van der Waals surface area contributed by atoms with Gasteiger partial charge in [-0.1, -0.05) is 23.4 Å². The van der Waals surface area contributed by atoms with E-state index in [1.807, 2.05) is 10.9 Å². The van der Waals surface area contributed by atoms with Crippen molar-refractivity contribution in [1.29, 1.82) is 0 Å². The Kier molecular flexibility index (Phi) is 8.00. The van der Waals surface area contributed by atoms with Gasteiger partial charge >= 0.3 is 0 Å². The van der Waals surface area contributed by atoms with Gasteiger partial charge in [-0.05, 0) is 73.1 Å². The number of benzene rings is 2. The lowest BCUT2D eigenvalue weighted by Crippen LogP contribution is -2.50. The summed E-state index contributed by atoms with van der Waals surface area (Å²) in [5.41, 5.74) is 4.25. The molecule has 222 valence electrons. The molecule has 0 saturated carbocycles. The highest BCUT2D eigenvalue weighted by atomic mass is 32.2. The first-order chi connectivity index (χ1) is 20.3. The number of sulfonamides is 1. The van der Waals surface area contributed by atoms with Gasteiger partial charge in [0.05, 0.1) is 23.7 Å². The summed E-state index contributed by atoms with van der Waals surface area (Å²) in [6, 6.07) is 11.6. The number of rotatable bonds is 8. The zero-order valence-electron chi connectivity index (χ0n) is 23.5. The molecule has 10 nitrogen and oxygen atoms in total. The van der Waals surface area contributed by atoms with Crippen molar-refractivity contribution < 1.29 is 22.3 Å². The van der Waals surface area contributed by atoms with E-state index < -0.39 is 28.1 Å². The molecule has 1 unspecified atom stereocenters. The minimum atomic E-state index is -4.01. The molecular weight excluding hydrogens is 559 g/mol. The van der Waals surface area contributed by atoms with E-state index in [-0.39, 0.29) is 17.4 Å². The topological polar surface area (TPSA) is 110 Å². The second kappa shape index (κ2) is 11.8. The Morgan fingerprint density at radius 1 is 1.10 bits per heavy atom. The van der Waals surface area contributed by atoms with Crippen molar-refractivity contribution in [2.45, 2.75) is 68.2 Å². The van der Waals surface area contributed by atoms with Crippen molar-refractivity contribution in [3.8, 4) is 5.75 Å². The summed E-state index contributed by atoms with van der Waals surface area (Å²) < 4.78 is 48.6. The lowest BCUT2D eigenvalue weighted by Gasteiger charge is -2.31. The molecule has 2 atom stereocenters. The first-order valence-corrected chi connectivity index (χ1v) is 15.8. The van der Waals surface area contributed by atoms with Crippen LogP contribution in [0.5, 0.6) is 5.75 Å². The Hall–Kier alpha value is -3.77. The number of aryl methyl sites for hydroxylation is 1. The number of carbonyl (C=O) groups is 1. The maximum atomic E-state index is 13.5. The summed E-state index contributed by atoms with van der Waals surface area (Å²) in [6.07, 6.45) is 8.01. The molecule has 42 heavy (non-hydrogen) atoms. The highest BCUT2D eigenvalue weighted by Crippen LogP contribution is 2.34. The third-order valence-corrected chi connectivity index (χ3v) is 10.2. The minimum Gasteiger partial charge on any atom is -0.497 e. The van der Waals surface area contributed by atoms with Crippen molar-refractivity contribution in [3.05, 3.63) is 83.4 Å². The zero-order chi connectivity index (χ0) is 29.3. The van der Waals surface area contributed by atoms with Gasteiger partial charge in [-0.3, -0.25) is 14.0 Å². The first kappa shape index (κ1) is 28.4. The predicted molar refractivity (Wildman–Crippen MR) is 154 cm³/mol. The quantitative estimate of drug-likeness (QED) is 0.426. The Balaban J connectivity index is 1.19. The van der Waals surface area contributed by atoms with Crippen LogP contribution in [0.15, 0.2) is 66.0 Å². The van der Waals surface area contributed by atoms with Crippen LogP contribution in [0.1, 0.15) is 54.1 Å². The molecule has 0 bridgehead atoms. The SMILES string of the molecule is COc1ccc(S(=O)(=O)N2C=CNC(=O)C2Cc2cn([C@@H]3CCCc4cc(CN5CCC(F)CC5)ccc43)nn2)cc1. The van der Waals surface area contributed by atoms with Gasteiger partial charge in [-0.2, -0.15) is 0 Å². The number of halogens is 1. The van der Waals surface area contributed by atoms with Crippen LogP contribution in [-0.4, -0.2) is 70.9 Å². The maximum Gasteiger partial charge on any atom is 0.264 e. The van der Waals surface area contributed by atoms with E-state index >= 15 is 0 Å². The van der Waals surface area contributed by atoms with Gasteiger partial charge in [0.15, 0.2) is 0 Å². The van der Waals surface area contributed by atoms with Crippen molar-refractivity contribution in [1.82, 2.24) is 29.5 Å². The summed E-state index contributed by atoms with van der Waals surface area (Å²) in [5.74, 6) is 0.100. The van der Waals surface area contributed by atoms with Crippen LogP contribution in [0, 0.1) is 0 Å². The highest BCUT2D eigenvalue weighted by Gasteiger charge is 2.36. The van der Waals surface area contributed by atoms with Crippen LogP contribution < -0.4 is 10.1 Å². The molecule has 1 aromatic heterocycles. The number of alkyl halides is 1. The Bertz CT molecular complexity index is 1570. The maximum absolute atomic E-state index is 13.5. The molecule has 1 saturated heterocycles. The molecule has 1 fully saturated rings. The lowest BCUT2D eigenvalue weighted by atomic mass is 9.86. The molecule has 1 N–H and O–H groups in total. The van der Waals surface area contributed by atoms with Gasteiger partial charge in [0, 0.05) is 44.7 Å². The number of piperidine rings is 1. The predicted octanol–water partition coefficient (Wildman–Crippen LogP) is 3.35. The standard InChI is InChI=1S/C30H35FN6O4S/c1-41-25-6-8-26(9-7-25)42(39,40)37-16-13-32-30(38)29(37)18-24-20-36(34-33-24)28-4-2-3-22-17-21(5-10-27(22)28)19-35-14-11-23(31)12-15-35/h5-10,13,16-17,20,23,28-29H,2-4,11-12,14-15,18-19H2,1H3,(H,32,38)/t28-,29?/m1/s1. The summed E-state index contributed by atoms with van der Waals surface area (Å²) in [7, 11) is -2.50. The number of hydrogen-bond acceptors (Lipinski definition) is 7. The number of carbonyl (C=O) groups excluding carboxylic acids is 1. The van der Waals surface area contributed by atoms with Gasteiger partial charge in [0.2, 0.25) is 5.91 Å². The average Bonchev–Trinajstić information content (AvgIpc) is 3.47. The van der Waals surface area contributed by atoms with Crippen LogP contribution in [-0.2, 0) is 34.2 Å². The van der Waals surface area contributed by atoms with Crippen LogP contribution in [0.25, 0.3) is 0 Å². The summed E-state index contributed by atoms with van der Waals surface area (Å²) in [5, 5.41) is 11.4. The zero-order valence-corrected chi connectivity index (χ0v) is 24.3. The van der Waals surface area contributed by atoms with Crippen LogP contribution >= 0.6 is 0 Å². The van der Waals surface area contributed by atoms with Gasteiger partial charge in [-0.25, -0.2) is 17.5 Å². The number of ether oxygens (including phenoxy) is 1. The largest absolute Gasteiger partial charge is 0.497 e. The molecule has 1 amide bonds. The minimum absolute atomic E-state index is 0.00513.